The van der Waals surface area contributed by atoms with Gasteiger partial charge in [0.1, 0.15) is 0 Å². The molecule has 2 aromatic rings. The molecule has 0 saturated carbocycles. The van der Waals surface area contributed by atoms with Crippen LogP contribution < -0.4 is 10.6 Å². The Labute approximate surface area is 169 Å². The Morgan fingerprint density at radius 3 is 2.59 bits per heavy atom. The molecule has 0 aliphatic carbocycles. The second-order valence-electron chi connectivity index (χ2n) is 7.18. The van der Waals surface area contributed by atoms with Gasteiger partial charge in [-0.05, 0) is 61.6 Å². The maximum Gasteiger partial charge on any atom is 0.247 e. The number of hydrogen-bond donors (Lipinski definition) is 2. The number of nitrogens with one attached hydrogen (secondary N) is 2. The molecule has 3 heterocycles. The molecule has 2 aliphatic rings. The number of halogens is 2. The van der Waals surface area contributed by atoms with Crippen molar-refractivity contribution in [2.45, 2.75) is 63.2 Å². The van der Waals surface area contributed by atoms with Gasteiger partial charge in [-0.25, -0.2) is 0 Å². The predicted molar refractivity (Wildman–Crippen MR) is 106 cm³/mol. The van der Waals surface area contributed by atoms with Crippen LogP contribution in [0.2, 0.25) is 5.02 Å². The Kier molecular flexibility index (Phi) is 6.34. The highest BCUT2D eigenvalue weighted by Crippen LogP contribution is 2.27. The van der Waals surface area contributed by atoms with Crippen LogP contribution in [0, 0.1) is 0 Å². The number of amides is 1. The molecule has 146 valence electrons. The summed E-state index contributed by atoms with van der Waals surface area (Å²) in [5, 5.41) is 20.1. The summed E-state index contributed by atoms with van der Waals surface area (Å²) < 4.78 is 0. The molecule has 3 atom stereocenters. The smallest absolute Gasteiger partial charge is 0.247 e. The number of nitrogens with zero attached hydrogens (tertiary/aromatic N) is 4. The number of hydrogen-bond acceptors (Lipinski definition) is 5. The summed E-state index contributed by atoms with van der Waals surface area (Å²) in [7, 11) is 0. The van der Waals surface area contributed by atoms with Crippen LogP contribution in [0.1, 0.15) is 45.1 Å². The van der Waals surface area contributed by atoms with Crippen LogP contribution in [-0.4, -0.2) is 44.2 Å². The van der Waals surface area contributed by atoms with Gasteiger partial charge in [0.25, 0.3) is 0 Å². The van der Waals surface area contributed by atoms with Gasteiger partial charge in [-0.15, -0.1) is 22.6 Å². The van der Waals surface area contributed by atoms with Crippen molar-refractivity contribution in [3.8, 4) is 11.4 Å². The van der Waals surface area contributed by atoms with Crippen LogP contribution in [0.4, 0.5) is 0 Å². The second-order valence-corrected chi connectivity index (χ2v) is 7.62. The van der Waals surface area contributed by atoms with Crippen LogP contribution >= 0.6 is 24.0 Å². The number of fused-ring (bicyclic) bond motifs is 2. The van der Waals surface area contributed by atoms with Crippen molar-refractivity contribution in [1.82, 2.24) is 30.8 Å². The van der Waals surface area contributed by atoms with Crippen LogP contribution in [0.15, 0.2) is 24.3 Å². The zero-order chi connectivity index (χ0) is 18.1. The molecular weight excluding hydrogens is 387 g/mol. The molecule has 27 heavy (non-hydrogen) atoms. The summed E-state index contributed by atoms with van der Waals surface area (Å²) in [6, 6.07) is 8.12. The van der Waals surface area contributed by atoms with Crippen molar-refractivity contribution < 1.29 is 4.79 Å². The molecule has 2 bridgehead atoms. The molecule has 9 heteroatoms. The Bertz CT molecular complexity index is 768. The minimum Gasteiger partial charge on any atom is -0.351 e. The third-order valence-electron chi connectivity index (χ3n) is 5.32. The molecule has 4 rings (SSSR count). The van der Waals surface area contributed by atoms with Crippen molar-refractivity contribution in [2.75, 3.05) is 0 Å². The zero-order valence-electron chi connectivity index (χ0n) is 15.1. The van der Waals surface area contributed by atoms with E-state index in [-0.39, 0.29) is 24.4 Å². The number of aromatic nitrogens is 4. The van der Waals surface area contributed by atoms with Crippen LogP contribution in [0.5, 0.6) is 0 Å². The minimum atomic E-state index is -0.448. The fourth-order valence-corrected chi connectivity index (χ4v) is 4.12. The number of rotatable bonds is 5. The van der Waals surface area contributed by atoms with Gasteiger partial charge in [0, 0.05) is 28.7 Å². The first-order valence-electron chi connectivity index (χ1n) is 9.24. The molecule has 7 nitrogen and oxygen atoms in total. The second kappa shape index (κ2) is 8.54. The summed E-state index contributed by atoms with van der Waals surface area (Å²) in [5.41, 5.74) is 0.825. The summed E-state index contributed by atoms with van der Waals surface area (Å²) in [4.78, 5) is 14.2. The van der Waals surface area contributed by atoms with Crippen LogP contribution in [0.25, 0.3) is 11.4 Å². The number of benzene rings is 1. The Morgan fingerprint density at radius 1 is 1.30 bits per heavy atom. The maximum atomic E-state index is 12.8. The van der Waals surface area contributed by atoms with Gasteiger partial charge >= 0.3 is 0 Å². The predicted octanol–water partition coefficient (Wildman–Crippen LogP) is 2.77. The van der Waals surface area contributed by atoms with E-state index in [1.54, 1.807) is 12.1 Å². The van der Waals surface area contributed by atoms with E-state index in [0.717, 1.165) is 18.4 Å². The number of piperidine rings is 1. The standard InChI is InChI=1S/C18H23ClN6O.ClH/c1-2-16(18(26)21-15-9-13-7-8-14(10-15)20-13)25-23-17(22-24-25)11-3-5-12(19)6-4-11;/h3-6,13-16,20H,2,7-10H2,1H3,(H,21,26);1H. The number of carbonyl (C=O) groups excluding carboxylic acids is 1. The third-order valence-corrected chi connectivity index (χ3v) is 5.57. The minimum absolute atomic E-state index is 0. The summed E-state index contributed by atoms with van der Waals surface area (Å²) in [5.74, 6) is 0.465. The quantitative estimate of drug-likeness (QED) is 0.791. The van der Waals surface area contributed by atoms with Crippen molar-refractivity contribution in [2.24, 2.45) is 0 Å². The Hall–Kier alpha value is -1.70. The zero-order valence-corrected chi connectivity index (χ0v) is 16.7. The van der Waals surface area contributed by atoms with Gasteiger partial charge in [0.15, 0.2) is 6.04 Å². The molecule has 2 N–H and O–H groups in total. The van der Waals surface area contributed by atoms with Crippen molar-refractivity contribution in [3.05, 3.63) is 29.3 Å². The molecule has 0 spiro atoms. The summed E-state index contributed by atoms with van der Waals surface area (Å²) in [6.07, 6.45) is 5.03. The van der Waals surface area contributed by atoms with E-state index >= 15 is 0 Å². The fourth-order valence-electron chi connectivity index (χ4n) is 4.00. The highest BCUT2D eigenvalue weighted by atomic mass is 35.5. The monoisotopic (exact) mass is 410 g/mol. The van der Waals surface area contributed by atoms with Gasteiger partial charge in [0.05, 0.1) is 0 Å². The molecule has 0 radical (unpaired) electrons. The fraction of sp³-hybridized carbons (Fsp3) is 0.556. The lowest BCUT2D eigenvalue weighted by Crippen LogP contribution is -2.49. The van der Waals surface area contributed by atoms with E-state index in [4.69, 9.17) is 11.6 Å². The van der Waals surface area contributed by atoms with E-state index in [1.165, 1.54) is 17.6 Å². The molecular formula is C18H24Cl2N6O. The first-order valence-corrected chi connectivity index (χ1v) is 9.62. The third kappa shape index (κ3) is 4.42. The van der Waals surface area contributed by atoms with Crippen molar-refractivity contribution in [1.29, 1.82) is 0 Å². The van der Waals surface area contributed by atoms with E-state index < -0.39 is 6.04 Å². The van der Waals surface area contributed by atoms with Crippen LogP contribution in [0.3, 0.4) is 0 Å². The van der Waals surface area contributed by atoms with Gasteiger partial charge in [0.2, 0.25) is 11.7 Å². The van der Waals surface area contributed by atoms with E-state index in [0.29, 0.717) is 29.4 Å². The van der Waals surface area contributed by atoms with Gasteiger partial charge in [-0.3, -0.25) is 4.79 Å². The highest BCUT2D eigenvalue weighted by Gasteiger charge is 2.35. The lowest BCUT2D eigenvalue weighted by Gasteiger charge is -2.30. The summed E-state index contributed by atoms with van der Waals surface area (Å²) >= 11 is 5.92. The number of carbonyl (C=O) groups is 1. The van der Waals surface area contributed by atoms with E-state index in [1.807, 2.05) is 19.1 Å². The van der Waals surface area contributed by atoms with Crippen molar-refractivity contribution in [3.63, 3.8) is 0 Å². The molecule has 1 aromatic carbocycles. The molecule has 2 fully saturated rings. The van der Waals surface area contributed by atoms with E-state index in [2.05, 4.69) is 26.0 Å². The molecule has 3 unspecified atom stereocenters. The van der Waals surface area contributed by atoms with Crippen LogP contribution in [-0.2, 0) is 4.79 Å². The molecule has 2 saturated heterocycles. The Morgan fingerprint density at radius 2 is 1.96 bits per heavy atom. The maximum absolute atomic E-state index is 12.8. The van der Waals surface area contributed by atoms with Gasteiger partial charge in [-0.2, -0.15) is 4.80 Å². The van der Waals surface area contributed by atoms with Gasteiger partial charge in [-0.1, -0.05) is 18.5 Å². The van der Waals surface area contributed by atoms with Gasteiger partial charge < -0.3 is 10.6 Å². The largest absolute Gasteiger partial charge is 0.351 e. The first kappa shape index (κ1) is 20.0. The average molecular weight is 411 g/mol. The highest BCUT2D eigenvalue weighted by molar-refractivity contribution is 6.30. The lowest BCUT2D eigenvalue weighted by molar-refractivity contribution is -0.126. The van der Waals surface area contributed by atoms with Crippen molar-refractivity contribution >= 4 is 29.9 Å². The SMILES string of the molecule is CCC(C(=O)NC1CC2CCC(C1)N2)n1nnc(-c2ccc(Cl)cc2)n1.Cl. The number of tetrazole rings is 1. The average Bonchev–Trinajstić information content (AvgIpc) is 3.23. The van der Waals surface area contributed by atoms with E-state index in [9.17, 15) is 4.79 Å². The molecule has 1 aromatic heterocycles. The lowest BCUT2D eigenvalue weighted by atomic mass is 9.99. The molecule has 2 aliphatic heterocycles. The molecule has 1 amide bonds. The topological polar surface area (TPSA) is 84.7 Å². The Balaban J connectivity index is 0.00000210. The normalized spacial score (nSPS) is 24.9. The summed E-state index contributed by atoms with van der Waals surface area (Å²) in [6.45, 7) is 1.96. The first-order chi connectivity index (χ1) is 12.6.